The van der Waals surface area contributed by atoms with Crippen LogP contribution in [0.1, 0.15) is 15.1 Å². The first-order valence-corrected chi connectivity index (χ1v) is 4.04. The van der Waals surface area contributed by atoms with Gasteiger partial charge in [-0.3, -0.25) is 0 Å². The molecular weight excluding hydrogens is 220 g/mol. The average molecular weight is 247 g/mol. The first-order chi connectivity index (χ1) is 13.7. The Morgan fingerprint density at radius 2 is 1.53 bits per heavy atom. The van der Waals surface area contributed by atoms with Crippen LogP contribution >= 0.6 is 0 Å². The number of hydrogen-bond acceptors (Lipinski definition) is 4. The van der Waals surface area contributed by atoms with Gasteiger partial charge in [-0.25, -0.2) is 0 Å². The molecule has 0 unspecified atom stereocenters. The Morgan fingerprint density at radius 3 is 2.06 bits per heavy atom. The predicted octanol–water partition coefficient (Wildman–Crippen LogP) is 2.50. The van der Waals surface area contributed by atoms with Crippen LogP contribution in [0.25, 0.3) is 0 Å². The zero-order valence-corrected chi connectivity index (χ0v) is 8.17. The summed E-state index contributed by atoms with van der Waals surface area (Å²) in [6, 6.07) is -4.92. The van der Waals surface area contributed by atoms with Crippen LogP contribution in [0.4, 0.5) is 0 Å². The molecule has 3 N–H and O–H groups in total. The van der Waals surface area contributed by atoms with Gasteiger partial charge in [0.15, 0.2) is 23.0 Å². The lowest BCUT2D eigenvalue weighted by atomic mass is 10.3. The molecule has 0 aromatic heterocycles. The molecule has 0 aliphatic rings. The van der Waals surface area contributed by atoms with Gasteiger partial charge in [0.25, 0.3) is 2.86 Å². The van der Waals surface area contributed by atoms with Crippen LogP contribution in [0.5, 0.6) is 23.0 Å². The van der Waals surface area contributed by atoms with E-state index in [0.717, 1.165) is 0 Å². The highest BCUT2D eigenvalue weighted by molar-refractivity contribution is 5.37. The molecule has 90 valence electrons. The fourth-order valence-corrected chi connectivity index (χ4v) is 0.658. The van der Waals surface area contributed by atoms with Gasteiger partial charge in [-0.2, -0.15) is 0 Å². The van der Waals surface area contributed by atoms with Gasteiger partial charge in [0.1, 0.15) is 0 Å². The fraction of sp³-hybridized carbons (Fsp3) is 0.0769. The summed E-state index contributed by atoms with van der Waals surface area (Å²) in [4.78, 5) is 0. The van der Waals surface area contributed by atoms with E-state index >= 15 is 0 Å². The van der Waals surface area contributed by atoms with Crippen LogP contribution in [-0.2, 0) is 0 Å². The SMILES string of the molecule is [2H]Oc1c([2H])c([2H])c([2H])c([2H])c1O[2H].[2H]c1c([2H])c([2H])c(OC([2H])([2H])[2H])c(O)c1[2H]. The number of phenols is 3. The van der Waals surface area contributed by atoms with Crippen LogP contribution in [0, 0.1) is 0 Å². The quantitative estimate of drug-likeness (QED) is 0.729. The zero-order chi connectivity index (χ0) is 23.5. The van der Waals surface area contributed by atoms with Gasteiger partial charge in [0.05, 0.1) is 22.1 Å². The lowest BCUT2D eigenvalue weighted by Crippen LogP contribution is -1.80. The molecule has 4 heteroatoms. The largest absolute Gasteiger partial charge is 0.504 e. The highest BCUT2D eigenvalue weighted by atomic mass is 16.5. The summed E-state index contributed by atoms with van der Waals surface area (Å²) in [6.45, 7) is 0. The van der Waals surface area contributed by atoms with E-state index in [1.54, 1.807) is 0 Å². The number of para-hydroxylation sites is 4. The Bertz CT molecular complexity index is 880. The first-order valence-electron chi connectivity index (χ1n) is 10.4. The Morgan fingerprint density at radius 1 is 1.00 bits per heavy atom. The zero-order valence-electron chi connectivity index (χ0n) is 21.2. The molecule has 0 radical (unpaired) electrons. The topological polar surface area (TPSA) is 69.9 Å². The third-order valence-corrected chi connectivity index (χ3v) is 1.36. The number of benzene rings is 2. The number of methoxy groups -OCH3 is 1. The normalized spacial score (nSPS) is 20.1. The Labute approximate surface area is 118 Å². The second-order valence-electron chi connectivity index (χ2n) is 2.44. The second-order valence-corrected chi connectivity index (χ2v) is 2.44. The van der Waals surface area contributed by atoms with E-state index in [-0.39, 0.29) is 0 Å². The van der Waals surface area contributed by atoms with Gasteiger partial charge in [-0.1, -0.05) is 24.2 Å². The van der Waals surface area contributed by atoms with Gasteiger partial charge in [0, 0.05) is 0 Å². The fourth-order valence-electron chi connectivity index (χ4n) is 0.658. The lowest BCUT2D eigenvalue weighted by Gasteiger charge is -1.99. The third-order valence-electron chi connectivity index (χ3n) is 1.36. The molecule has 2 rings (SSSR count). The molecule has 0 bridgehead atoms. The summed E-state index contributed by atoms with van der Waals surface area (Å²) >= 11 is 0. The molecule has 2 aromatic rings. The van der Waals surface area contributed by atoms with Crippen molar-refractivity contribution in [3.63, 3.8) is 0 Å². The van der Waals surface area contributed by atoms with Crippen LogP contribution < -0.4 is 4.74 Å². The minimum absolute atomic E-state index is 0.494. The van der Waals surface area contributed by atoms with Crippen LogP contribution in [-0.4, -0.2) is 25.2 Å². The molecule has 17 heavy (non-hydrogen) atoms. The molecular formula is C13H14O4. The molecule has 0 heterocycles. The Balaban J connectivity index is 0.000000303. The van der Waals surface area contributed by atoms with Gasteiger partial charge in [0.2, 0.25) is 0 Å². The summed E-state index contributed by atoms with van der Waals surface area (Å²) in [5.74, 6) is -2.68. The van der Waals surface area contributed by atoms with E-state index in [9.17, 15) is 5.11 Å². The number of ether oxygens (including phenoxy) is 1. The van der Waals surface area contributed by atoms with Gasteiger partial charge in [-0.15, -0.1) is 0 Å². The predicted molar refractivity (Wildman–Crippen MR) is 64.4 cm³/mol. The molecule has 0 fully saturated rings. The standard InChI is InChI=1S/C7H8O2.C6H6O2/c1-9-7-5-3-2-4-6(7)8;7-5-3-1-2-4-6(5)8/h2-5,8H,1H3;1-4,7-8H/i1D3,2D,3D,4D,5D;1D,2D,3D,4D/hD2. The van der Waals surface area contributed by atoms with Crippen molar-refractivity contribution in [2.75, 3.05) is 7.04 Å². The summed E-state index contributed by atoms with van der Waals surface area (Å²) in [7, 11) is -2.89. The molecule has 0 saturated heterocycles. The number of aromatic hydroxyl groups is 3. The molecule has 0 saturated carbocycles. The van der Waals surface area contributed by atoms with E-state index in [1.165, 1.54) is 0 Å². The van der Waals surface area contributed by atoms with Crippen molar-refractivity contribution in [3.8, 4) is 23.0 Å². The summed E-state index contributed by atoms with van der Waals surface area (Å²) in [5.41, 5.74) is 0. The van der Waals surface area contributed by atoms with E-state index in [0.29, 0.717) is 0 Å². The number of phenolic OH excluding ortho intramolecular Hbond substituents is 3. The molecule has 4 nitrogen and oxygen atoms in total. The van der Waals surface area contributed by atoms with Gasteiger partial charge in [-0.05, 0) is 24.2 Å². The lowest BCUT2D eigenvalue weighted by molar-refractivity contribution is 0.373. The van der Waals surface area contributed by atoms with Crippen LogP contribution in [0.3, 0.4) is 0 Å². The van der Waals surface area contributed by atoms with Crippen LogP contribution in [0.15, 0.2) is 48.3 Å². The van der Waals surface area contributed by atoms with E-state index < -0.39 is 78.4 Å². The molecule has 0 amide bonds. The summed E-state index contributed by atoms with van der Waals surface area (Å²) in [6.07, 6.45) is 0. The number of rotatable bonds is 3. The Hall–Kier alpha value is -2.36. The molecule has 0 atom stereocenters. The van der Waals surface area contributed by atoms with Gasteiger partial charge >= 0.3 is 0 Å². The molecule has 2 aromatic carbocycles. The number of hydrogen-bond donors (Lipinski definition) is 3. The van der Waals surface area contributed by atoms with E-state index in [1.807, 2.05) is 0 Å². The van der Waals surface area contributed by atoms with E-state index in [2.05, 4.69) is 15.0 Å². The van der Waals surface area contributed by atoms with Crippen molar-refractivity contribution < 1.29 is 35.1 Å². The maximum atomic E-state index is 9.36. The Kier molecular flexibility index (Phi) is 1.32. The smallest absolute Gasteiger partial charge is 0.293 e. The maximum Gasteiger partial charge on any atom is 0.293 e. The van der Waals surface area contributed by atoms with Crippen molar-refractivity contribution >= 4 is 0 Å². The van der Waals surface area contributed by atoms with Crippen LogP contribution in [0.2, 0.25) is 0 Å². The second kappa shape index (κ2) is 6.27. The van der Waals surface area contributed by atoms with Gasteiger partial charge < -0.3 is 20.1 Å². The maximum absolute atomic E-state index is 9.36. The minimum atomic E-state index is -2.89. The third kappa shape index (κ3) is 3.95. The highest BCUT2D eigenvalue weighted by Gasteiger charge is 1.94. The van der Waals surface area contributed by atoms with Crippen molar-refractivity contribution in [1.29, 1.82) is 2.86 Å². The summed E-state index contributed by atoms with van der Waals surface area (Å²) in [5, 5.41) is 17.3. The molecule has 0 spiro atoms. The molecule has 0 aliphatic carbocycles. The average Bonchev–Trinajstić information content (AvgIpc) is 2.69. The monoisotopic (exact) mass is 247 g/mol. The highest BCUT2D eigenvalue weighted by Crippen LogP contribution is 2.23. The van der Waals surface area contributed by atoms with Crippen molar-refractivity contribution in [3.05, 3.63) is 48.3 Å². The molecule has 0 aliphatic heterocycles. The van der Waals surface area contributed by atoms with Crippen molar-refractivity contribution in [2.45, 2.75) is 0 Å². The first kappa shape index (κ1) is 3.57. The minimum Gasteiger partial charge on any atom is -0.504 e. The van der Waals surface area contributed by atoms with Crippen molar-refractivity contribution in [1.82, 2.24) is 0 Å². The summed E-state index contributed by atoms with van der Waals surface area (Å²) < 4.78 is 95.9. The van der Waals surface area contributed by atoms with E-state index in [4.69, 9.17) is 17.9 Å². The van der Waals surface area contributed by atoms with Crippen molar-refractivity contribution in [2.24, 2.45) is 0 Å².